The summed E-state index contributed by atoms with van der Waals surface area (Å²) in [5.74, 6) is -0.232. The molecule has 0 radical (unpaired) electrons. The Bertz CT molecular complexity index is 671. The van der Waals surface area contributed by atoms with Gasteiger partial charge in [-0.3, -0.25) is 4.79 Å². The fourth-order valence-corrected chi connectivity index (χ4v) is 4.24. The molecule has 1 fully saturated rings. The second kappa shape index (κ2) is 7.95. The van der Waals surface area contributed by atoms with E-state index in [-0.39, 0.29) is 17.3 Å². The first-order valence-corrected chi connectivity index (χ1v) is 9.45. The molecule has 1 aromatic rings. The topological polar surface area (TPSA) is 66.5 Å². The zero-order chi connectivity index (χ0) is 16.9. The summed E-state index contributed by atoms with van der Waals surface area (Å²) in [5, 5.41) is 3.26. The van der Waals surface area contributed by atoms with Gasteiger partial charge in [-0.2, -0.15) is 4.31 Å². The van der Waals surface area contributed by atoms with E-state index < -0.39 is 16.1 Å². The molecule has 1 aliphatic heterocycles. The third kappa shape index (κ3) is 4.34. The van der Waals surface area contributed by atoms with Crippen molar-refractivity contribution in [1.82, 2.24) is 9.62 Å². The van der Waals surface area contributed by atoms with Crippen LogP contribution in [0.1, 0.15) is 26.2 Å². The molecule has 5 nitrogen and oxygen atoms in total. The third-order valence-electron chi connectivity index (χ3n) is 3.80. The van der Waals surface area contributed by atoms with Crippen molar-refractivity contribution < 1.29 is 13.2 Å². The zero-order valence-electron chi connectivity index (χ0n) is 13.0. The van der Waals surface area contributed by atoms with Crippen LogP contribution in [0, 0.1) is 0 Å². The molecule has 1 heterocycles. The molecule has 7 heteroatoms. The number of benzene rings is 1. The molecule has 0 saturated carbocycles. The first kappa shape index (κ1) is 18.0. The van der Waals surface area contributed by atoms with Crippen LogP contribution in [-0.4, -0.2) is 37.8 Å². The number of carbonyl (C=O) groups is 1. The molecule has 0 spiro atoms. The SMILES string of the molecule is C/C=C/CN(C1CCCCNC1=O)S(=O)(=O)c1ccc(Cl)cc1. The Morgan fingerprint density at radius 2 is 2.00 bits per heavy atom. The second-order valence-electron chi connectivity index (χ2n) is 5.40. The van der Waals surface area contributed by atoms with Gasteiger partial charge in [0, 0.05) is 18.1 Å². The first-order valence-electron chi connectivity index (χ1n) is 7.63. The van der Waals surface area contributed by atoms with Gasteiger partial charge in [-0.15, -0.1) is 0 Å². The van der Waals surface area contributed by atoms with Crippen molar-refractivity contribution in [1.29, 1.82) is 0 Å². The minimum atomic E-state index is -3.78. The van der Waals surface area contributed by atoms with Gasteiger partial charge in [0.05, 0.1) is 4.90 Å². The van der Waals surface area contributed by atoms with Crippen LogP contribution in [0.2, 0.25) is 5.02 Å². The van der Waals surface area contributed by atoms with Crippen LogP contribution in [0.25, 0.3) is 0 Å². The lowest BCUT2D eigenvalue weighted by Gasteiger charge is -2.28. The lowest BCUT2D eigenvalue weighted by atomic mass is 10.1. The van der Waals surface area contributed by atoms with E-state index >= 15 is 0 Å². The number of allylic oxidation sites excluding steroid dienone is 1. The monoisotopic (exact) mass is 356 g/mol. The van der Waals surface area contributed by atoms with Crippen LogP contribution in [0.5, 0.6) is 0 Å². The summed E-state index contributed by atoms with van der Waals surface area (Å²) in [7, 11) is -3.78. The number of hydrogen-bond acceptors (Lipinski definition) is 3. The van der Waals surface area contributed by atoms with Crippen LogP contribution in [-0.2, 0) is 14.8 Å². The largest absolute Gasteiger partial charge is 0.355 e. The molecule has 1 atom stereocenters. The predicted molar refractivity (Wildman–Crippen MR) is 90.8 cm³/mol. The lowest BCUT2D eigenvalue weighted by molar-refractivity contribution is -0.124. The summed E-state index contributed by atoms with van der Waals surface area (Å²) >= 11 is 5.83. The Hall–Kier alpha value is -1.37. The fraction of sp³-hybridized carbons (Fsp3) is 0.438. The molecule has 1 amide bonds. The highest BCUT2D eigenvalue weighted by Crippen LogP contribution is 2.23. The maximum Gasteiger partial charge on any atom is 0.244 e. The van der Waals surface area contributed by atoms with E-state index in [2.05, 4.69) is 5.32 Å². The zero-order valence-corrected chi connectivity index (χ0v) is 14.6. The average Bonchev–Trinajstić information content (AvgIpc) is 2.73. The number of nitrogens with one attached hydrogen (secondary N) is 1. The van der Waals surface area contributed by atoms with E-state index in [1.807, 2.05) is 6.92 Å². The molecule has 1 aliphatic rings. The summed E-state index contributed by atoms with van der Waals surface area (Å²) < 4.78 is 27.2. The van der Waals surface area contributed by atoms with Gasteiger partial charge >= 0.3 is 0 Å². The molecule has 23 heavy (non-hydrogen) atoms. The summed E-state index contributed by atoms with van der Waals surface area (Å²) in [6.45, 7) is 2.58. The standard InChI is InChI=1S/C16H21ClN2O3S/c1-2-3-12-19(15-6-4-5-11-18-16(15)20)23(21,22)14-9-7-13(17)8-10-14/h2-3,7-10,15H,4-6,11-12H2,1H3,(H,18,20)/b3-2+. The number of rotatable bonds is 5. The van der Waals surface area contributed by atoms with Gasteiger partial charge in [0.2, 0.25) is 15.9 Å². The summed E-state index contributed by atoms with van der Waals surface area (Å²) in [6.07, 6.45) is 5.72. The number of amides is 1. The van der Waals surface area contributed by atoms with E-state index in [4.69, 9.17) is 11.6 Å². The molecule has 1 N–H and O–H groups in total. The Labute approximate surface area is 142 Å². The molecule has 0 bridgehead atoms. The molecular formula is C16H21ClN2O3S. The summed E-state index contributed by atoms with van der Waals surface area (Å²) in [4.78, 5) is 12.4. The van der Waals surface area contributed by atoms with Crippen LogP contribution in [0.15, 0.2) is 41.3 Å². The van der Waals surface area contributed by atoms with Crippen LogP contribution < -0.4 is 5.32 Å². The number of sulfonamides is 1. The minimum Gasteiger partial charge on any atom is -0.355 e. The van der Waals surface area contributed by atoms with Crippen molar-refractivity contribution in [3.63, 3.8) is 0 Å². The molecule has 0 aliphatic carbocycles. The normalized spacial score (nSPS) is 19.8. The van der Waals surface area contributed by atoms with Crippen molar-refractivity contribution in [2.45, 2.75) is 37.1 Å². The molecule has 0 aromatic heterocycles. The van der Waals surface area contributed by atoms with Crippen LogP contribution in [0.4, 0.5) is 0 Å². The molecule has 1 aromatic carbocycles. The molecular weight excluding hydrogens is 336 g/mol. The smallest absolute Gasteiger partial charge is 0.244 e. The number of carbonyl (C=O) groups excluding carboxylic acids is 1. The van der Waals surface area contributed by atoms with E-state index in [0.29, 0.717) is 18.0 Å². The number of nitrogens with zero attached hydrogens (tertiary/aromatic N) is 1. The van der Waals surface area contributed by atoms with Gasteiger partial charge in [-0.05, 0) is 50.5 Å². The van der Waals surface area contributed by atoms with Gasteiger partial charge in [-0.1, -0.05) is 23.8 Å². The average molecular weight is 357 g/mol. The van der Waals surface area contributed by atoms with E-state index in [9.17, 15) is 13.2 Å². The Morgan fingerprint density at radius 1 is 1.30 bits per heavy atom. The first-order chi connectivity index (χ1) is 11.0. The number of halogens is 1. The van der Waals surface area contributed by atoms with Crippen LogP contribution in [0.3, 0.4) is 0 Å². The molecule has 2 rings (SSSR count). The fourth-order valence-electron chi connectivity index (χ4n) is 2.54. The van der Waals surface area contributed by atoms with Crippen LogP contribution >= 0.6 is 11.6 Å². The highest BCUT2D eigenvalue weighted by Gasteiger charge is 2.35. The van der Waals surface area contributed by atoms with E-state index in [1.54, 1.807) is 12.2 Å². The van der Waals surface area contributed by atoms with Gasteiger partial charge in [0.1, 0.15) is 6.04 Å². The Balaban J connectivity index is 2.39. The molecule has 1 saturated heterocycles. The lowest BCUT2D eigenvalue weighted by Crippen LogP contribution is -2.48. The van der Waals surface area contributed by atoms with E-state index in [0.717, 1.165) is 12.8 Å². The van der Waals surface area contributed by atoms with Crippen molar-refractivity contribution in [3.05, 3.63) is 41.4 Å². The number of hydrogen-bond donors (Lipinski definition) is 1. The van der Waals surface area contributed by atoms with Gasteiger partial charge in [0.25, 0.3) is 0 Å². The van der Waals surface area contributed by atoms with Crippen molar-refractivity contribution in [3.8, 4) is 0 Å². The van der Waals surface area contributed by atoms with Crippen molar-refractivity contribution in [2.75, 3.05) is 13.1 Å². The summed E-state index contributed by atoms with van der Waals surface area (Å²) in [5.41, 5.74) is 0. The van der Waals surface area contributed by atoms with E-state index in [1.165, 1.54) is 28.6 Å². The second-order valence-corrected chi connectivity index (χ2v) is 7.73. The predicted octanol–water partition coefficient (Wildman–Crippen LogP) is 2.58. The van der Waals surface area contributed by atoms with Gasteiger partial charge < -0.3 is 5.32 Å². The minimum absolute atomic E-state index is 0.142. The Morgan fingerprint density at radius 3 is 2.65 bits per heavy atom. The molecule has 1 unspecified atom stereocenters. The van der Waals surface area contributed by atoms with Crippen molar-refractivity contribution >= 4 is 27.5 Å². The maximum atomic E-state index is 13.0. The molecule has 126 valence electrons. The highest BCUT2D eigenvalue weighted by atomic mass is 35.5. The maximum absolute atomic E-state index is 13.0. The highest BCUT2D eigenvalue weighted by molar-refractivity contribution is 7.89. The third-order valence-corrected chi connectivity index (χ3v) is 5.94. The summed E-state index contributed by atoms with van der Waals surface area (Å²) in [6, 6.07) is 5.32. The Kier molecular flexibility index (Phi) is 6.21. The van der Waals surface area contributed by atoms with Gasteiger partial charge in [0.15, 0.2) is 0 Å². The van der Waals surface area contributed by atoms with Gasteiger partial charge in [-0.25, -0.2) is 8.42 Å². The van der Waals surface area contributed by atoms with Crippen molar-refractivity contribution in [2.24, 2.45) is 0 Å². The quantitative estimate of drug-likeness (QED) is 0.824.